The molecule has 2 nitrogen and oxygen atoms in total. The summed E-state index contributed by atoms with van der Waals surface area (Å²) >= 11 is 1.77. The van der Waals surface area contributed by atoms with Crippen molar-refractivity contribution in [1.29, 1.82) is 0 Å². The van der Waals surface area contributed by atoms with Gasteiger partial charge in [-0.25, -0.2) is 0 Å². The second-order valence-corrected chi connectivity index (χ2v) is 5.84. The average molecular weight is 277 g/mol. The van der Waals surface area contributed by atoms with E-state index in [1.807, 2.05) is 0 Å². The lowest BCUT2D eigenvalue weighted by atomic mass is 10.0. The van der Waals surface area contributed by atoms with Gasteiger partial charge in [0, 0.05) is 11.2 Å². The smallest absolute Gasteiger partial charge is 0.0593 e. The van der Waals surface area contributed by atoms with Crippen LogP contribution in [0.4, 0.5) is 0 Å². The summed E-state index contributed by atoms with van der Waals surface area (Å²) in [7, 11) is 0. The van der Waals surface area contributed by atoms with Crippen LogP contribution < -0.4 is 0 Å². The number of fused-ring (bicyclic) bond motifs is 1. The molecule has 0 aliphatic carbocycles. The highest BCUT2D eigenvalue weighted by atomic mass is 32.1. The van der Waals surface area contributed by atoms with Crippen LogP contribution in [-0.4, -0.2) is 35.7 Å². The zero-order chi connectivity index (χ0) is 13.7. The molecule has 1 atom stereocenters. The van der Waals surface area contributed by atoms with E-state index in [9.17, 15) is 5.11 Å². The van der Waals surface area contributed by atoms with Gasteiger partial charge in [-0.15, -0.1) is 11.3 Å². The molecule has 1 unspecified atom stereocenters. The van der Waals surface area contributed by atoms with E-state index < -0.39 is 0 Å². The third-order valence-corrected chi connectivity index (χ3v) is 4.70. The highest BCUT2D eigenvalue weighted by Crippen LogP contribution is 2.26. The number of benzene rings is 1. The monoisotopic (exact) mass is 277 g/mol. The van der Waals surface area contributed by atoms with E-state index in [1.165, 1.54) is 15.6 Å². The summed E-state index contributed by atoms with van der Waals surface area (Å²) in [6.45, 7) is 7.44. The van der Waals surface area contributed by atoms with Gasteiger partial charge in [0.2, 0.25) is 0 Å². The maximum atomic E-state index is 10.2. The van der Waals surface area contributed by atoms with Crippen LogP contribution in [0, 0.1) is 0 Å². The summed E-state index contributed by atoms with van der Waals surface area (Å²) in [5, 5.41) is 13.7. The molecular weight excluding hydrogens is 254 g/mol. The van der Waals surface area contributed by atoms with E-state index in [0.717, 1.165) is 32.5 Å². The standard InChI is InChI=1S/C16H23NOS/c1-3-17(4-2)10-9-14(18)11-13-12-19-16-8-6-5-7-15(13)16/h5-8,12,14,18H,3-4,9-11H2,1-2H3. The highest BCUT2D eigenvalue weighted by Gasteiger charge is 2.11. The van der Waals surface area contributed by atoms with Gasteiger partial charge in [-0.2, -0.15) is 0 Å². The number of nitrogens with zero attached hydrogens (tertiary/aromatic N) is 1. The molecular formula is C16H23NOS. The van der Waals surface area contributed by atoms with E-state index in [-0.39, 0.29) is 6.10 Å². The first-order chi connectivity index (χ1) is 9.24. The molecule has 0 spiro atoms. The number of aliphatic hydroxyl groups excluding tert-OH is 1. The van der Waals surface area contributed by atoms with E-state index in [2.05, 4.69) is 48.4 Å². The lowest BCUT2D eigenvalue weighted by molar-refractivity contribution is 0.144. The topological polar surface area (TPSA) is 23.5 Å². The van der Waals surface area contributed by atoms with Crippen LogP contribution in [0.15, 0.2) is 29.6 Å². The van der Waals surface area contributed by atoms with Crippen molar-refractivity contribution in [2.24, 2.45) is 0 Å². The SMILES string of the molecule is CCN(CC)CCC(O)Cc1csc2ccccc12. The van der Waals surface area contributed by atoms with E-state index in [0.29, 0.717) is 0 Å². The first-order valence-electron chi connectivity index (χ1n) is 7.10. The summed E-state index contributed by atoms with van der Waals surface area (Å²) in [5.41, 5.74) is 1.28. The minimum Gasteiger partial charge on any atom is -0.393 e. The van der Waals surface area contributed by atoms with Gasteiger partial charge in [0.25, 0.3) is 0 Å². The van der Waals surface area contributed by atoms with Crippen LogP contribution in [0.25, 0.3) is 10.1 Å². The van der Waals surface area contributed by atoms with Gasteiger partial charge in [-0.3, -0.25) is 0 Å². The quantitative estimate of drug-likeness (QED) is 0.837. The summed E-state index contributed by atoms with van der Waals surface area (Å²) in [4.78, 5) is 2.36. The summed E-state index contributed by atoms with van der Waals surface area (Å²) < 4.78 is 1.31. The molecule has 2 aromatic rings. The third kappa shape index (κ3) is 3.78. The molecule has 0 aliphatic heterocycles. The molecule has 3 heteroatoms. The van der Waals surface area contributed by atoms with Crippen molar-refractivity contribution in [2.45, 2.75) is 32.8 Å². The fourth-order valence-electron chi connectivity index (χ4n) is 2.42. The Morgan fingerprint density at radius 2 is 1.95 bits per heavy atom. The van der Waals surface area contributed by atoms with Crippen molar-refractivity contribution in [3.05, 3.63) is 35.2 Å². The molecule has 0 saturated carbocycles. The van der Waals surface area contributed by atoms with Crippen LogP contribution in [0.3, 0.4) is 0 Å². The molecule has 0 fully saturated rings. The third-order valence-electron chi connectivity index (χ3n) is 3.69. The van der Waals surface area contributed by atoms with Crippen LogP contribution in [0.5, 0.6) is 0 Å². The van der Waals surface area contributed by atoms with E-state index >= 15 is 0 Å². The number of thiophene rings is 1. The van der Waals surface area contributed by atoms with Gasteiger partial charge in [-0.1, -0.05) is 32.0 Å². The Bertz CT molecular complexity index is 504. The lowest BCUT2D eigenvalue weighted by Crippen LogP contribution is -2.27. The Balaban J connectivity index is 1.93. The average Bonchev–Trinajstić information content (AvgIpc) is 2.83. The second kappa shape index (κ2) is 7.04. The summed E-state index contributed by atoms with van der Waals surface area (Å²) in [6.07, 6.45) is 1.38. The van der Waals surface area contributed by atoms with Crippen LogP contribution >= 0.6 is 11.3 Å². The van der Waals surface area contributed by atoms with Crippen molar-refractivity contribution >= 4 is 21.4 Å². The normalized spacial score (nSPS) is 13.3. The number of rotatable bonds is 7. The molecule has 0 aliphatic rings. The second-order valence-electron chi connectivity index (χ2n) is 4.93. The number of hydrogen-bond donors (Lipinski definition) is 1. The van der Waals surface area contributed by atoms with Crippen molar-refractivity contribution in [1.82, 2.24) is 4.90 Å². The van der Waals surface area contributed by atoms with E-state index in [4.69, 9.17) is 0 Å². The van der Waals surface area contributed by atoms with E-state index in [1.54, 1.807) is 11.3 Å². The van der Waals surface area contributed by atoms with Gasteiger partial charge in [0.05, 0.1) is 6.10 Å². The molecule has 1 aromatic carbocycles. The van der Waals surface area contributed by atoms with Crippen molar-refractivity contribution < 1.29 is 5.11 Å². The molecule has 2 rings (SSSR count). The first-order valence-corrected chi connectivity index (χ1v) is 7.98. The lowest BCUT2D eigenvalue weighted by Gasteiger charge is -2.19. The predicted octanol–water partition coefficient (Wildman–Crippen LogP) is 3.54. The molecule has 1 aromatic heterocycles. The minimum absolute atomic E-state index is 0.237. The van der Waals surface area contributed by atoms with Gasteiger partial charge < -0.3 is 10.0 Å². The predicted molar refractivity (Wildman–Crippen MR) is 83.9 cm³/mol. The minimum atomic E-state index is -0.237. The maximum Gasteiger partial charge on any atom is 0.0593 e. The molecule has 0 saturated heterocycles. The van der Waals surface area contributed by atoms with Crippen LogP contribution in [-0.2, 0) is 6.42 Å². The molecule has 1 N–H and O–H groups in total. The van der Waals surface area contributed by atoms with Gasteiger partial charge in [-0.05, 0) is 48.3 Å². The zero-order valence-corrected chi connectivity index (χ0v) is 12.6. The van der Waals surface area contributed by atoms with Gasteiger partial charge in [0.1, 0.15) is 0 Å². The fourth-order valence-corrected chi connectivity index (χ4v) is 3.39. The largest absolute Gasteiger partial charge is 0.393 e. The van der Waals surface area contributed by atoms with Crippen LogP contribution in [0.2, 0.25) is 0 Å². The highest BCUT2D eigenvalue weighted by molar-refractivity contribution is 7.17. The Morgan fingerprint density at radius 3 is 2.68 bits per heavy atom. The summed E-state index contributed by atoms with van der Waals surface area (Å²) in [6, 6.07) is 8.43. The Morgan fingerprint density at radius 1 is 1.21 bits per heavy atom. The van der Waals surface area contributed by atoms with Gasteiger partial charge >= 0.3 is 0 Å². The molecule has 0 radical (unpaired) electrons. The zero-order valence-electron chi connectivity index (χ0n) is 11.8. The number of hydrogen-bond acceptors (Lipinski definition) is 3. The van der Waals surface area contributed by atoms with Crippen molar-refractivity contribution in [3.63, 3.8) is 0 Å². The maximum absolute atomic E-state index is 10.2. The molecule has 0 bridgehead atoms. The Kier molecular flexibility index (Phi) is 5.37. The van der Waals surface area contributed by atoms with Crippen LogP contribution in [0.1, 0.15) is 25.8 Å². The Hall–Kier alpha value is -0.900. The molecule has 1 heterocycles. The molecule has 19 heavy (non-hydrogen) atoms. The Labute approximate surface area is 119 Å². The van der Waals surface area contributed by atoms with Gasteiger partial charge in [0.15, 0.2) is 0 Å². The van der Waals surface area contributed by atoms with Crippen molar-refractivity contribution in [2.75, 3.05) is 19.6 Å². The molecule has 0 amide bonds. The van der Waals surface area contributed by atoms with Crippen molar-refractivity contribution in [3.8, 4) is 0 Å². The molecule has 104 valence electrons. The summed E-state index contributed by atoms with van der Waals surface area (Å²) in [5.74, 6) is 0. The first kappa shape index (κ1) is 14.5. The fraction of sp³-hybridized carbons (Fsp3) is 0.500. The number of aliphatic hydroxyl groups is 1.